The lowest BCUT2D eigenvalue weighted by atomic mass is 10.1. The molecule has 110 valence electrons. The summed E-state index contributed by atoms with van der Waals surface area (Å²) in [7, 11) is 0. The molecule has 0 heterocycles. The molecule has 20 heavy (non-hydrogen) atoms. The Kier molecular flexibility index (Phi) is 5.37. The first-order valence-corrected chi connectivity index (χ1v) is 6.59. The maximum atomic E-state index is 12.2. The number of hydrogen-bond acceptors (Lipinski definition) is 4. The zero-order valence-electron chi connectivity index (χ0n) is 12.0. The minimum atomic E-state index is -1.08. The van der Waals surface area contributed by atoms with Crippen LogP contribution in [0.1, 0.15) is 31.1 Å². The fourth-order valence-corrected chi connectivity index (χ4v) is 2.00. The van der Waals surface area contributed by atoms with Crippen molar-refractivity contribution < 1.29 is 14.7 Å². The number of aromatic carboxylic acids is 1. The standard InChI is InChI=1S/C14H21N3O3/c1-4-17(5-2)13(18)9(3)16-12-10(14(19)20)7-6-8-11(12)15/h6-9,16H,4-5,15H2,1-3H3,(H,19,20). The van der Waals surface area contributed by atoms with E-state index in [2.05, 4.69) is 5.32 Å². The van der Waals surface area contributed by atoms with E-state index < -0.39 is 12.0 Å². The molecular weight excluding hydrogens is 258 g/mol. The van der Waals surface area contributed by atoms with Gasteiger partial charge in [0.2, 0.25) is 5.91 Å². The number of anilines is 2. The van der Waals surface area contributed by atoms with Crippen molar-refractivity contribution in [2.45, 2.75) is 26.8 Å². The maximum absolute atomic E-state index is 12.2. The topological polar surface area (TPSA) is 95.7 Å². The summed E-state index contributed by atoms with van der Waals surface area (Å²) in [6.07, 6.45) is 0. The van der Waals surface area contributed by atoms with Crippen molar-refractivity contribution in [1.29, 1.82) is 0 Å². The van der Waals surface area contributed by atoms with Crippen LogP contribution in [0.4, 0.5) is 11.4 Å². The van der Waals surface area contributed by atoms with Crippen LogP contribution in [0, 0.1) is 0 Å². The van der Waals surface area contributed by atoms with Gasteiger partial charge in [-0.05, 0) is 32.9 Å². The van der Waals surface area contributed by atoms with E-state index in [1.165, 1.54) is 6.07 Å². The highest BCUT2D eigenvalue weighted by molar-refractivity contribution is 5.98. The van der Waals surface area contributed by atoms with Crippen molar-refractivity contribution in [2.24, 2.45) is 0 Å². The molecule has 6 heteroatoms. The van der Waals surface area contributed by atoms with Crippen LogP contribution < -0.4 is 11.1 Å². The Morgan fingerprint density at radius 2 is 1.95 bits per heavy atom. The third-order valence-corrected chi connectivity index (χ3v) is 3.13. The van der Waals surface area contributed by atoms with Crippen LogP contribution in [0.25, 0.3) is 0 Å². The second-order valence-corrected chi connectivity index (χ2v) is 4.45. The second kappa shape index (κ2) is 6.79. The van der Waals surface area contributed by atoms with Gasteiger partial charge >= 0.3 is 5.97 Å². The number of rotatable bonds is 6. The van der Waals surface area contributed by atoms with Crippen LogP contribution in [0.15, 0.2) is 18.2 Å². The molecule has 6 nitrogen and oxygen atoms in total. The Morgan fingerprint density at radius 3 is 2.45 bits per heavy atom. The first-order valence-electron chi connectivity index (χ1n) is 6.59. The van der Waals surface area contributed by atoms with Crippen molar-refractivity contribution in [3.05, 3.63) is 23.8 Å². The number of carbonyl (C=O) groups excluding carboxylic acids is 1. The molecule has 1 atom stereocenters. The molecule has 1 aromatic carbocycles. The number of amides is 1. The molecular formula is C14H21N3O3. The molecule has 0 aromatic heterocycles. The van der Waals surface area contributed by atoms with Crippen molar-refractivity contribution in [3.63, 3.8) is 0 Å². The van der Waals surface area contributed by atoms with Crippen LogP contribution in [0.5, 0.6) is 0 Å². The molecule has 0 saturated carbocycles. The number of likely N-dealkylation sites (N-methyl/N-ethyl adjacent to an activating group) is 1. The summed E-state index contributed by atoms with van der Waals surface area (Å²) >= 11 is 0. The van der Waals surface area contributed by atoms with E-state index in [0.29, 0.717) is 18.8 Å². The van der Waals surface area contributed by atoms with Crippen LogP contribution in [-0.4, -0.2) is 41.0 Å². The highest BCUT2D eigenvalue weighted by atomic mass is 16.4. The van der Waals surface area contributed by atoms with Crippen molar-refractivity contribution in [3.8, 4) is 0 Å². The second-order valence-electron chi connectivity index (χ2n) is 4.45. The quantitative estimate of drug-likeness (QED) is 0.688. The van der Waals surface area contributed by atoms with Gasteiger partial charge in [-0.3, -0.25) is 4.79 Å². The molecule has 0 radical (unpaired) electrons. The maximum Gasteiger partial charge on any atom is 0.337 e. The Morgan fingerprint density at radius 1 is 1.35 bits per heavy atom. The van der Waals surface area contributed by atoms with Gasteiger partial charge in [0.1, 0.15) is 6.04 Å². The van der Waals surface area contributed by atoms with Gasteiger partial charge in [0.15, 0.2) is 0 Å². The number of nitrogen functional groups attached to an aromatic ring is 1. The van der Waals surface area contributed by atoms with Gasteiger partial charge in [-0.2, -0.15) is 0 Å². The first-order chi connectivity index (χ1) is 9.42. The lowest BCUT2D eigenvalue weighted by Crippen LogP contribution is -2.41. The number of nitrogens with zero attached hydrogens (tertiary/aromatic N) is 1. The summed E-state index contributed by atoms with van der Waals surface area (Å²) in [5, 5.41) is 12.1. The zero-order valence-corrected chi connectivity index (χ0v) is 12.0. The average Bonchev–Trinajstić information content (AvgIpc) is 2.41. The van der Waals surface area contributed by atoms with Crippen molar-refractivity contribution in [2.75, 3.05) is 24.1 Å². The summed E-state index contributed by atoms with van der Waals surface area (Å²) in [5.74, 6) is -1.17. The molecule has 0 aliphatic carbocycles. The number of hydrogen-bond donors (Lipinski definition) is 3. The molecule has 1 aromatic rings. The molecule has 0 spiro atoms. The highest BCUT2D eigenvalue weighted by Gasteiger charge is 2.21. The van der Waals surface area contributed by atoms with Crippen molar-refractivity contribution in [1.82, 2.24) is 4.90 Å². The van der Waals surface area contributed by atoms with E-state index in [4.69, 9.17) is 10.8 Å². The van der Waals surface area contributed by atoms with Gasteiger partial charge in [0.25, 0.3) is 0 Å². The van der Waals surface area contributed by atoms with Gasteiger partial charge < -0.3 is 21.1 Å². The first kappa shape index (κ1) is 15.8. The Balaban J connectivity index is 2.98. The minimum absolute atomic E-state index is 0.0594. The molecule has 0 bridgehead atoms. The minimum Gasteiger partial charge on any atom is -0.478 e. The zero-order chi connectivity index (χ0) is 15.3. The Labute approximate surface area is 118 Å². The van der Waals surface area contributed by atoms with Crippen LogP contribution in [0.3, 0.4) is 0 Å². The van der Waals surface area contributed by atoms with E-state index in [1.807, 2.05) is 13.8 Å². The predicted molar refractivity (Wildman–Crippen MR) is 78.8 cm³/mol. The van der Waals surface area contributed by atoms with E-state index in [9.17, 15) is 9.59 Å². The number of nitrogens with one attached hydrogen (secondary N) is 1. The Hall–Kier alpha value is -2.24. The molecule has 0 aliphatic heterocycles. The summed E-state index contributed by atoms with van der Waals surface area (Å²) in [6.45, 7) is 6.70. The summed E-state index contributed by atoms with van der Waals surface area (Å²) in [4.78, 5) is 25.0. The van der Waals surface area contributed by atoms with Gasteiger partial charge in [-0.1, -0.05) is 6.07 Å². The number of carboxylic acids is 1. The van der Waals surface area contributed by atoms with Crippen molar-refractivity contribution >= 4 is 23.3 Å². The van der Waals surface area contributed by atoms with Gasteiger partial charge in [-0.15, -0.1) is 0 Å². The van der Waals surface area contributed by atoms with Gasteiger partial charge in [0.05, 0.1) is 16.9 Å². The number of nitrogens with two attached hydrogens (primary N) is 1. The van der Waals surface area contributed by atoms with E-state index >= 15 is 0 Å². The molecule has 0 fully saturated rings. The molecule has 1 amide bonds. The highest BCUT2D eigenvalue weighted by Crippen LogP contribution is 2.24. The normalized spacial score (nSPS) is 11.8. The lowest BCUT2D eigenvalue weighted by Gasteiger charge is -2.25. The van der Waals surface area contributed by atoms with E-state index in [0.717, 1.165) is 0 Å². The fraction of sp³-hybridized carbons (Fsp3) is 0.429. The summed E-state index contributed by atoms with van der Waals surface area (Å²) in [6, 6.07) is 4.08. The third kappa shape index (κ3) is 3.40. The largest absolute Gasteiger partial charge is 0.478 e. The van der Waals surface area contributed by atoms with Gasteiger partial charge in [-0.25, -0.2) is 4.79 Å². The Bertz CT molecular complexity index is 498. The van der Waals surface area contributed by atoms with Crippen LogP contribution in [-0.2, 0) is 4.79 Å². The monoisotopic (exact) mass is 279 g/mol. The smallest absolute Gasteiger partial charge is 0.337 e. The fourth-order valence-electron chi connectivity index (χ4n) is 2.00. The third-order valence-electron chi connectivity index (χ3n) is 3.13. The van der Waals surface area contributed by atoms with E-state index in [1.54, 1.807) is 24.0 Å². The SMILES string of the molecule is CCN(CC)C(=O)C(C)Nc1c(N)cccc1C(=O)O. The average molecular weight is 279 g/mol. The number of carbonyl (C=O) groups is 2. The predicted octanol–water partition coefficient (Wildman–Crippen LogP) is 1.64. The summed E-state index contributed by atoms with van der Waals surface area (Å²) in [5.41, 5.74) is 6.45. The number of carboxylic acid groups (broad SMARTS) is 1. The van der Waals surface area contributed by atoms with Gasteiger partial charge in [0, 0.05) is 13.1 Å². The molecule has 0 saturated heterocycles. The molecule has 1 rings (SSSR count). The molecule has 4 N–H and O–H groups in total. The summed E-state index contributed by atoms with van der Waals surface area (Å²) < 4.78 is 0. The number of para-hydroxylation sites is 1. The van der Waals surface area contributed by atoms with Crippen LogP contribution in [0.2, 0.25) is 0 Å². The molecule has 1 unspecified atom stereocenters. The van der Waals surface area contributed by atoms with Crippen LogP contribution >= 0.6 is 0 Å². The molecule has 0 aliphatic rings. The van der Waals surface area contributed by atoms with E-state index in [-0.39, 0.29) is 17.2 Å². The lowest BCUT2D eigenvalue weighted by molar-refractivity contribution is -0.131. The number of benzene rings is 1.